The maximum atomic E-state index is 12.3. The smallest absolute Gasteiger partial charge is 0.261 e. The monoisotopic (exact) mass is 314 g/mol. The minimum Gasteiger partial charge on any atom is -0.347 e. The Morgan fingerprint density at radius 3 is 2.90 bits per heavy atom. The lowest BCUT2D eigenvalue weighted by Crippen LogP contribution is -2.45. The van der Waals surface area contributed by atoms with E-state index >= 15 is 0 Å². The highest BCUT2D eigenvalue weighted by atomic mass is 35.5. The molecule has 2 aliphatic rings. The molecule has 112 valence electrons. The van der Waals surface area contributed by atoms with Gasteiger partial charge in [-0.3, -0.25) is 4.79 Å². The fourth-order valence-electron chi connectivity index (χ4n) is 3.01. The zero-order valence-electron chi connectivity index (χ0n) is 11.7. The van der Waals surface area contributed by atoms with E-state index in [9.17, 15) is 4.79 Å². The van der Waals surface area contributed by atoms with E-state index in [2.05, 4.69) is 16.7 Å². The van der Waals surface area contributed by atoms with Crippen LogP contribution in [0.25, 0.3) is 0 Å². The van der Waals surface area contributed by atoms with E-state index in [4.69, 9.17) is 0 Å². The minimum atomic E-state index is 0. The van der Waals surface area contributed by atoms with Gasteiger partial charge in [0.05, 0.1) is 4.88 Å². The average molecular weight is 315 g/mol. The molecule has 1 aliphatic carbocycles. The number of halogens is 1. The molecule has 2 N–H and O–H groups in total. The molecule has 20 heavy (non-hydrogen) atoms. The highest BCUT2D eigenvalue weighted by molar-refractivity contribution is 7.14. The van der Waals surface area contributed by atoms with E-state index in [0.717, 1.165) is 43.6 Å². The van der Waals surface area contributed by atoms with E-state index in [1.165, 1.54) is 29.7 Å². The number of hydrogen-bond donors (Lipinski definition) is 2. The van der Waals surface area contributed by atoms with Crippen molar-refractivity contribution in [3.05, 3.63) is 21.4 Å². The van der Waals surface area contributed by atoms with Crippen LogP contribution < -0.4 is 10.6 Å². The fraction of sp³-hybridized carbons (Fsp3) is 0.667. The first-order valence-corrected chi connectivity index (χ1v) is 8.28. The SMILES string of the molecule is Cl.O=C(NC1CCCNC1)c1cc2c(s1)CCCCC2. The number of hydrogen-bond acceptors (Lipinski definition) is 3. The van der Waals surface area contributed by atoms with Gasteiger partial charge in [0.15, 0.2) is 0 Å². The van der Waals surface area contributed by atoms with Crippen molar-refractivity contribution in [1.82, 2.24) is 10.6 Å². The summed E-state index contributed by atoms with van der Waals surface area (Å²) in [4.78, 5) is 14.7. The average Bonchev–Trinajstić information content (AvgIpc) is 2.72. The highest BCUT2D eigenvalue weighted by Crippen LogP contribution is 2.29. The van der Waals surface area contributed by atoms with Gasteiger partial charge in [-0.05, 0) is 56.7 Å². The topological polar surface area (TPSA) is 41.1 Å². The second kappa shape index (κ2) is 7.43. The lowest BCUT2D eigenvalue weighted by Gasteiger charge is -2.23. The number of aryl methyl sites for hydroxylation is 2. The third-order valence-electron chi connectivity index (χ3n) is 4.10. The molecule has 0 bridgehead atoms. The molecule has 0 spiro atoms. The summed E-state index contributed by atoms with van der Waals surface area (Å²) in [6.07, 6.45) is 8.47. The Morgan fingerprint density at radius 1 is 1.25 bits per heavy atom. The first kappa shape index (κ1) is 15.8. The maximum Gasteiger partial charge on any atom is 0.261 e. The van der Waals surface area contributed by atoms with Gasteiger partial charge >= 0.3 is 0 Å². The van der Waals surface area contributed by atoms with Crippen molar-refractivity contribution in [3.8, 4) is 0 Å². The van der Waals surface area contributed by atoms with Gasteiger partial charge in [0.25, 0.3) is 5.91 Å². The first-order chi connectivity index (χ1) is 9.33. The van der Waals surface area contributed by atoms with Crippen LogP contribution in [0.5, 0.6) is 0 Å². The molecule has 0 saturated carbocycles. The largest absolute Gasteiger partial charge is 0.347 e. The molecule has 1 amide bonds. The van der Waals surface area contributed by atoms with Crippen LogP contribution in [0.2, 0.25) is 0 Å². The van der Waals surface area contributed by atoms with Gasteiger partial charge < -0.3 is 10.6 Å². The van der Waals surface area contributed by atoms with Gasteiger partial charge in [0, 0.05) is 17.5 Å². The summed E-state index contributed by atoms with van der Waals surface area (Å²) in [5.74, 6) is 0.131. The molecule has 3 nitrogen and oxygen atoms in total. The number of carbonyl (C=O) groups excluding carboxylic acids is 1. The molecular weight excluding hydrogens is 292 g/mol. The van der Waals surface area contributed by atoms with Crippen LogP contribution >= 0.6 is 23.7 Å². The maximum absolute atomic E-state index is 12.3. The van der Waals surface area contributed by atoms with Gasteiger partial charge in [0.2, 0.25) is 0 Å². The molecule has 1 aromatic rings. The predicted octanol–water partition coefficient (Wildman–Crippen LogP) is 2.92. The Hall–Kier alpha value is -0.580. The number of piperidine rings is 1. The van der Waals surface area contributed by atoms with E-state index in [1.807, 2.05) is 0 Å². The molecule has 1 aromatic heterocycles. The summed E-state index contributed by atoms with van der Waals surface area (Å²) in [7, 11) is 0. The number of rotatable bonds is 2. The summed E-state index contributed by atoms with van der Waals surface area (Å²) in [6.45, 7) is 2.00. The van der Waals surface area contributed by atoms with E-state index in [-0.39, 0.29) is 18.3 Å². The predicted molar refractivity (Wildman–Crippen MR) is 86.2 cm³/mol. The lowest BCUT2D eigenvalue weighted by atomic mass is 10.1. The zero-order chi connectivity index (χ0) is 13.1. The van der Waals surface area contributed by atoms with Crippen molar-refractivity contribution >= 4 is 29.7 Å². The van der Waals surface area contributed by atoms with E-state index < -0.39 is 0 Å². The van der Waals surface area contributed by atoms with Crippen molar-refractivity contribution in [2.75, 3.05) is 13.1 Å². The van der Waals surface area contributed by atoms with Gasteiger partial charge in [0.1, 0.15) is 0 Å². The van der Waals surface area contributed by atoms with Gasteiger partial charge in [-0.15, -0.1) is 23.7 Å². The zero-order valence-corrected chi connectivity index (χ0v) is 13.4. The molecule has 1 saturated heterocycles. The van der Waals surface area contributed by atoms with Crippen LogP contribution in [-0.4, -0.2) is 25.0 Å². The van der Waals surface area contributed by atoms with Crippen LogP contribution in [0, 0.1) is 0 Å². The number of fused-ring (bicyclic) bond motifs is 1. The van der Waals surface area contributed by atoms with E-state index in [1.54, 1.807) is 11.3 Å². The summed E-state index contributed by atoms with van der Waals surface area (Å²) in [5.41, 5.74) is 1.43. The summed E-state index contributed by atoms with van der Waals surface area (Å²) in [6, 6.07) is 2.44. The fourth-order valence-corrected chi connectivity index (χ4v) is 4.17. The summed E-state index contributed by atoms with van der Waals surface area (Å²) < 4.78 is 0. The number of nitrogens with one attached hydrogen (secondary N) is 2. The number of carbonyl (C=O) groups is 1. The highest BCUT2D eigenvalue weighted by Gasteiger charge is 2.20. The van der Waals surface area contributed by atoms with Crippen LogP contribution in [0.3, 0.4) is 0 Å². The Morgan fingerprint density at radius 2 is 2.10 bits per heavy atom. The van der Waals surface area contributed by atoms with Crippen molar-refractivity contribution in [3.63, 3.8) is 0 Å². The third-order valence-corrected chi connectivity index (χ3v) is 5.34. The Balaban J connectivity index is 0.00000147. The number of amides is 1. The van der Waals surface area contributed by atoms with Crippen LogP contribution in [0.1, 0.15) is 52.2 Å². The Labute approximate surface area is 130 Å². The first-order valence-electron chi connectivity index (χ1n) is 7.46. The van der Waals surface area contributed by atoms with Crippen LogP contribution in [0.4, 0.5) is 0 Å². The van der Waals surface area contributed by atoms with Crippen molar-refractivity contribution in [1.29, 1.82) is 0 Å². The molecule has 2 heterocycles. The standard InChI is InChI=1S/C15H22N2OS.ClH/c18-15(17-12-6-4-8-16-10-12)14-9-11-5-2-1-3-7-13(11)19-14;/h9,12,16H,1-8,10H2,(H,17,18);1H. The van der Waals surface area contributed by atoms with Crippen molar-refractivity contribution in [2.45, 2.75) is 51.0 Å². The third kappa shape index (κ3) is 3.74. The second-order valence-electron chi connectivity index (χ2n) is 5.64. The minimum absolute atomic E-state index is 0. The molecule has 0 radical (unpaired) electrons. The van der Waals surface area contributed by atoms with Gasteiger partial charge in [-0.25, -0.2) is 0 Å². The molecule has 1 unspecified atom stereocenters. The lowest BCUT2D eigenvalue weighted by molar-refractivity contribution is 0.0934. The van der Waals surface area contributed by atoms with E-state index in [0.29, 0.717) is 6.04 Å². The molecule has 3 rings (SSSR count). The molecule has 0 aromatic carbocycles. The second-order valence-corrected chi connectivity index (χ2v) is 6.77. The van der Waals surface area contributed by atoms with Crippen molar-refractivity contribution < 1.29 is 4.79 Å². The summed E-state index contributed by atoms with van der Waals surface area (Å²) in [5, 5.41) is 6.51. The molecule has 1 fully saturated rings. The molecule has 1 aliphatic heterocycles. The molecular formula is C15H23ClN2OS. The van der Waals surface area contributed by atoms with Crippen LogP contribution in [-0.2, 0) is 12.8 Å². The normalized spacial score (nSPS) is 22.3. The van der Waals surface area contributed by atoms with Gasteiger partial charge in [-0.2, -0.15) is 0 Å². The molecule has 5 heteroatoms. The van der Waals surface area contributed by atoms with Crippen molar-refractivity contribution in [2.24, 2.45) is 0 Å². The Kier molecular flexibility index (Phi) is 5.87. The quantitative estimate of drug-likeness (QED) is 0.824. The Bertz CT molecular complexity index is 431. The molecule has 1 atom stereocenters. The van der Waals surface area contributed by atoms with Gasteiger partial charge in [-0.1, -0.05) is 6.42 Å². The summed E-state index contributed by atoms with van der Waals surface area (Å²) >= 11 is 1.71. The van der Waals surface area contributed by atoms with Crippen LogP contribution in [0.15, 0.2) is 6.07 Å². The number of thiophene rings is 1.